The van der Waals surface area contributed by atoms with Gasteiger partial charge < -0.3 is 0 Å². The van der Waals surface area contributed by atoms with Gasteiger partial charge in [0.2, 0.25) is 0 Å². The third-order valence-electron chi connectivity index (χ3n) is 11.0. The monoisotopic (exact) mass is 628 g/mol. The topological polar surface area (TPSA) is 0 Å². The van der Waals surface area contributed by atoms with E-state index in [-0.39, 0.29) is 10.8 Å². The van der Waals surface area contributed by atoms with Gasteiger partial charge in [0.25, 0.3) is 0 Å². The molecule has 1 aliphatic carbocycles. The van der Waals surface area contributed by atoms with E-state index in [9.17, 15) is 0 Å². The van der Waals surface area contributed by atoms with Crippen molar-refractivity contribution in [3.05, 3.63) is 168 Å². The van der Waals surface area contributed by atoms with Crippen molar-refractivity contribution >= 4 is 32.3 Å². The zero-order valence-electron chi connectivity index (χ0n) is 28.9. The van der Waals surface area contributed by atoms with E-state index in [1.165, 1.54) is 93.5 Å². The van der Waals surface area contributed by atoms with Crippen LogP contribution in [0.5, 0.6) is 0 Å². The Kier molecular flexibility index (Phi) is 6.52. The van der Waals surface area contributed by atoms with E-state index in [1.54, 1.807) is 0 Å². The van der Waals surface area contributed by atoms with E-state index in [4.69, 9.17) is 0 Å². The fourth-order valence-electron chi connectivity index (χ4n) is 8.52. The van der Waals surface area contributed by atoms with Gasteiger partial charge in [-0.15, -0.1) is 0 Å². The highest BCUT2D eigenvalue weighted by Crippen LogP contribution is 2.54. The van der Waals surface area contributed by atoms with Gasteiger partial charge in [0.05, 0.1) is 0 Å². The average Bonchev–Trinajstić information content (AvgIpc) is 3.36. The first-order chi connectivity index (χ1) is 23.7. The van der Waals surface area contributed by atoms with E-state index in [1.807, 2.05) is 0 Å². The zero-order chi connectivity index (χ0) is 33.5. The van der Waals surface area contributed by atoms with Gasteiger partial charge in [0, 0.05) is 5.41 Å². The zero-order valence-corrected chi connectivity index (χ0v) is 28.9. The Labute approximate surface area is 289 Å². The summed E-state index contributed by atoms with van der Waals surface area (Å²) < 4.78 is 0. The molecule has 8 aromatic rings. The van der Waals surface area contributed by atoms with E-state index in [0.717, 1.165) is 0 Å². The molecule has 0 unspecified atom stereocenters. The first-order valence-electron chi connectivity index (χ1n) is 17.5. The molecule has 0 N–H and O–H groups in total. The number of benzene rings is 8. The molecule has 0 bridgehead atoms. The van der Waals surface area contributed by atoms with Gasteiger partial charge in [-0.3, -0.25) is 0 Å². The van der Waals surface area contributed by atoms with E-state index in [0.29, 0.717) is 0 Å². The van der Waals surface area contributed by atoms with Crippen LogP contribution >= 0.6 is 0 Å². The molecular formula is C49H40. The molecule has 0 aliphatic heterocycles. The van der Waals surface area contributed by atoms with Crippen LogP contribution < -0.4 is 0 Å². The van der Waals surface area contributed by atoms with Gasteiger partial charge in [0.1, 0.15) is 0 Å². The molecule has 1 aliphatic rings. The summed E-state index contributed by atoms with van der Waals surface area (Å²) in [5.74, 6) is 0. The van der Waals surface area contributed by atoms with Crippen molar-refractivity contribution < 1.29 is 0 Å². The van der Waals surface area contributed by atoms with Crippen molar-refractivity contribution in [2.75, 3.05) is 0 Å². The van der Waals surface area contributed by atoms with E-state index in [2.05, 4.69) is 186 Å². The summed E-state index contributed by atoms with van der Waals surface area (Å²) >= 11 is 0. The van der Waals surface area contributed by atoms with Crippen molar-refractivity contribution in [3.63, 3.8) is 0 Å². The lowest BCUT2D eigenvalue weighted by Crippen LogP contribution is -2.14. The Morgan fingerprint density at radius 2 is 0.939 bits per heavy atom. The Hall–Kier alpha value is -5.46. The van der Waals surface area contributed by atoms with Crippen molar-refractivity contribution in [2.45, 2.75) is 45.4 Å². The minimum atomic E-state index is -0.0730. The fourth-order valence-corrected chi connectivity index (χ4v) is 8.52. The SMILES string of the molecule is CC(C)(C)c1ccc(-c2c3ccccc3c(-c3cccc4c3-c3ccccc3C4(C)C)c3cc(-c4cccc5ccccc45)ccc23)cc1. The van der Waals surface area contributed by atoms with Crippen LogP contribution in [-0.4, -0.2) is 0 Å². The van der Waals surface area contributed by atoms with Crippen molar-refractivity contribution in [2.24, 2.45) is 0 Å². The summed E-state index contributed by atoms with van der Waals surface area (Å²) in [5, 5.41) is 7.68. The lowest BCUT2D eigenvalue weighted by Gasteiger charge is -2.23. The standard InChI is InChI=1S/C49H40/c1-48(2,3)34-27-24-32(25-28-34)45-37-17-8-9-18-38(37)46(41-21-13-23-44-47(41)40-19-10-11-22-43(40)49(44,4)5)42-30-33(26-29-39(42)45)36-20-12-15-31-14-6-7-16-35(31)36/h6-30H,1-5H3. The van der Waals surface area contributed by atoms with E-state index < -0.39 is 0 Å². The second-order valence-corrected chi connectivity index (χ2v) is 15.3. The average molecular weight is 629 g/mol. The molecule has 0 aromatic heterocycles. The third-order valence-corrected chi connectivity index (χ3v) is 11.0. The second kappa shape index (κ2) is 10.8. The molecule has 0 fully saturated rings. The molecule has 0 radical (unpaired) electrons. The largest absolute Gasteiger partial charge is 0.0619 e. The van der Waals surface area contributed by atoms with Crippen LogP contribution in [-0.2, 0) is 10.8 Å². The maximum absolute atomic E-state index is 2.47. The van der Waals surface area contributed by atoms with Gasteiger partial charge in [-0.05, 0) is 105 Å². The van der Waals surface area contributed by atoms with Gasteiger partial charge >= 0.3 is 0 Å². The predicted molar refractivity (Wildman–Crippen MR) is 212 cm³/mol. The lowest BCUT2D eigenvalue weighted by molar-refractivity contribution is 0.590. The highest BCUT2D eigenvalue weighted by atomic mass is 14.4. The van der Waals surface area contributed by atoms with Crippen LogP contribution in [0.1, 0.15) is 51.3 Å². The van der Waals surface area contributed by atoms with Crippen LogP contribution in [0.25, 0.3) is 76.8 Å². The Balaban J connectivity index is 1.42. The smallest absolute Gasteiger partial charge is 0.0159 e. The van der Waals surface area contributed by atoms with Gasteiger partial charge in [-0.2, -0.15) is 0 Å². The molecule has 0 saturated heterocycles. The highest BCUT2D eigenvalue weighted by molar-refractivity contribution is 6.23. The quantitative estimate of drug-likeness (QED) is 0.171. The molecule has 9 rings (SSSR count). The first-order valence-corrected chi connectivity index (χ1v) is 17.5. The number of hydrogen-bond acceptors (Lipinski definition) is 0. The van der Waals surface area contributed by atoms with Gasteiger partial charge in [0.15, 0.2) is 0 Å². The molecule has 0 spiro atoms. The summed E-state index contributed by atoms with van der Waals surface area (Å²) in [4.78, 5) is 0. The van der Waals surface area contributed by atoms with Crippen molar-refractivity contribution in [1.29, 1.82) is 0 Å². The molecule has 0 heteroatoms. The van der Waals surface area contributed by atoms with Crippen LogP contribution in [0.3, 0.4) is 0 Å². The molecule has 8 aromatic carbocycles. The normalized spacial score (nSPS) is 13.6. The molecule has 236 valence electrons. The first kappa shape index (κ1) is 29.7. The van der Waals surface area contributed by atoms with Gasteiger partial charge in [-0.1, -0.05) is 180 Å². The molecule has 0 amide bonds. The van der Waals surface area contributed by atoms with Crippen LogP contribution in [0.15, 0.2) is 152 Å². The predicted octanol–water partition coefficient (Wildman–Crippen LogP) is 13.8. The molecule has 0 atom stereocenters. The molecule has 0 nitrogen and oxygen atoms in total. The Morgan fingerprint density at radius 1 is 0.388 bits per heavy atom. The van der Waals surface area contributed by atoms with Crippen LogP contribution in [0, 0.1) is 0 Å². The Bertz CT molecular complexity index is 2580. The number of rotatable bonds is 3. The maximum atomic E-state index is 2.47. The van der Waals surface area contributed by atoms with Crippen molar-refractivity contribution in [3.8, 4) is 44.5 Å². The maximum Gasteiger partial charge on any atom is 0.0159 e. The summed E-state index contributed by atoms with van der Waals surface area (Å²) in [6, 6.07) is 57.0. The Morgan fingerprint density at radius 3 is 1.71 bits per heavy atom. The summed E-state index contributed by atoms with van der Waals surface area (Å²) in [6.45, 7) is 11.6. The number of fused-ring (bicyclic) bond motifs is 6. The molecule has 49 heavy (non-hydrogen) atoms. The minimum Gasteiger partial charge on any atom is -0.0619 e. The third kappa shape index (κ3) is 4.51. The molecule has 0 heterocycles. The minimum absolute atomic E-state index is 0.0730. The number of hydrogen-bond donors (Lipinski definition) is 0. The molecule has 0 saturated carbocycles. The highest BCUT2D eigenvalue weighted by Gasteiger charge is 2.37. The van der Waals surface area contributed by atoms with Gasteiger partial charge in [-0.25, -0.2) is 0 Å². The van der Waals surface area contributed by atoms with Crippen LogP contribution in [0.4, 0.5) is 0 Å². The lowest BCUT2D eigenvalue weighted by atomic mass is 9.80. The fraction of sp³-hybridized carbons (Fsp3) is 0.143. The van der Waals surface area contributed by atoms with Crippen LogP contribution in [0.2, 0.25) is 0 Å². The molecular weight excluding hydrogens is 589 g/mol. The van der Waals surface area contributed by atoms with Crippen molar-refractivity contribution in [1.82, 2.24) is 0 Å². The second-order valence-electron chi connectivity index (χ2n) is 15.3. The summed E-state index contributed by atoms with van der Waals surface area (Å²) in [7, 11) is 0. The summed E-state index contributed by atoms with van der Waals surface area (Å²) in [6.07, 6.45) is 0. The van der Waals surface area contributed by atoms with E-state index >= 15 is 0 Å². The summed E-state index contributed by atoms with van der Waals surface area (Å²) in [5.41, 5.74) is 14.6.